The zero-order chi connectivity index (χ0) is 10.5. The standard InChI is InChI=1S/C6H12B2NO3S/c1-4-6(2)12-5-9(8-7)13(3,10)11/h2,4-5H2,1,3H3. The van der Waals surface area contributed by atoms with Gasteiger partial charge in [-0.2, -0.15) is 0 Å². The van der Waals surface area contributed by atoms with Crippen molar-refractivity contribution in [1.82, 2.24) is 4.22 Å². The van der Waals surface area contributed by atoms with Crippen molar-refractivity contribution in [1.29, 1.82) is 0 Å². The second-order valence-corrected chi connectivity index (χ2v) is 4.40. The minimum atomic E-state index is -3.33. The van der Waals surface area contributed by atoms with E-state index < -0.39 is 10.0 Å². The van der Waals surface area contributed by atoms with Gasteiger partial charge in [-0.05, 0) is 0 Å². The molecular weight excluding hydrogens is 188 g/mol. The molecule has 13 heavy (non-hydrogen) atoms. The Morgan fingerprint density at radius 3 is 2.54 bits per heavy atom. The summed E-state index contributed by atoms with van der Waals surface area (Å²) in [5.41, 5.74) is 0. The first kappa shape index (κ1) is 12.6. The van der Waals surface area contributed by atoms with Crippen LogP contribution in [-0.4, -0.2) is 40.7 Å². The summed E-state index contributed by atoms with van der Waals surface area (Å²) in [5, 5.41) is 0. The predicted octanol–water partition coefficient (Wildman–Crippen LogP) is -0.151. The van der Waals surface area contributed by atoms with Crippen molar-refractivity contribution in [3.05, 3.63) is 12.3 Å². The average molecular weight is 200 g/mol. The lowest BCUT2D eigenvalue weighted by Gasteiger charge is -2.19. The van der Waals surface area contributed by atoms with Crippen LogP contribution in [0.2, 0.25) is 0 Å². The molecule has 3 radical (unpaired) electrons. The summed E-state index contributed by atoms with van der Waals surface area (Å²) >= 11 is 0. The minimum absolute atomic E-state index is 0.123. The highest BCUT2D eigenvalue weighted by molar-refractivity contribution is 7.89. The van der Waals surface area contributed by atoms with Gasteiger partial charge in [-0.25, -0.2) is 12.6 Å². The van der Waals surface area contributed by atoms with E-state index in [1.165, 1.54) is 0 Å². The van der Waals surface area contributed by atoms with Crippen molar-refractivity contribution < 1.29 is 13.2 Å². The van der Waals surface area contributed by atoms with Gasteiger partial charge in [0.25, 0.3) is 0 Å². The third-order valence-corrected chi connectivity index (χ3v) is 2.46. The van der Waals surface area contributed by atoms with Crippen LogP contribution >= 0.6 is 0 Å². The molecule has 0 rings (SSSR count). The van der Waals surface area contributed by atoms with Crippen molar-refractivity contribution in [2.24, 2.45) is 0 Å². The van der Waals surface area contributed by atoms with Gasteiger partial charge in [0.2, 0.25) is 10.0 Å². The molecule has 0 aliphatic heterocycles. The molecule has 0 saturated heterocycles. The summed E-state index contributed by atoms with van der Waals surface area (Å²) < 4.78 is 27.8. The van der Waals surface area contributed by atoms with Crippen molar-refractivity contribution in [3.63, 3.8) is 0 Å². The van der Waals surface area contributed by atoms with E-state index in [2.05, 4.69) is 6.58 Å². The Kier molecular flexibility index (Phi) is 5.17. The lowest BCUT2D eigenvalue weighted by atomic mass is 9.67. The van der Waals surface area contributed by atoms with E-state index in [0.717, 1.165) is 17.8 Å². The number of nitrogens with zero attached hydrogens (tertiary/aromatic N) is 1. The normalized spacial score (nSPS) is 11.3. The third kappa shape index (κ3) is 5.00. The van der Waals surface area contributed by atoms with Gasteiger partial charge in [-0.3, -0.25) is 0 Å². The van der Waals surface area contributed by atoms with Crippen LogP contribution in [-0.2, 0) is 14.8 Å². The van der Waals surface area contributed by atoms with Gasteiger partial charge >= 0.3 is 0 Å². The molecule has 0 unspecified atom stereocenters. The molecule has 0 amide bonds. The summed E-state index contributed by atoms with van der Waals surface area (Å²) in [6, 6.07) is 0. The number of hydrogen-bond donors (Lipinski definition) is 0. The molecule has 0 aliphatic rings. The van der Waals surface area contributed by atoms with E-state index in [9.17, 15) is 8.42 Å². The van der Waals surface area contributed by atoms with Crippen LogP contribution < -0.4 is 0 Å². The Morgan fingerprint density at radius 2 is 2.23 bits per heavy atom. The Hall–Kier alpha value is -0.420. The van der Waals surface area contributed by atoms with Crippen LogP contribution in [0.25, 0.3) is 0 Å². The smallest absolute Gasteiger partial charge is 0.202 e. The molecule has 0 aromatic carbocycles. The zero-order valence-electron chi connectivity index (χ0n) is 7.86. The van der Waals surface area contributed by atoms with Crippen LogP contribution in [0.15, 0.2) is 12.3 Å². The fraction of sp³-hybridized carbons (Fsp3) is 0.667. The maximum absolute atomic E-state index is 11.0. The number of sulfonamides is 1. The Labute approximate surface area is 81.7 Å². The van der Waals surface area contributed by atoms with Gasteiger partial charge < -0.3 is 4.74 Å². The molecule has 0 saturated carbocycles. The summed E-state index contributed by atoms with van der Waals surface area (Å²) in [6.45, 7) is 5.30. The third-order valence-electron chi connectivity index (χ3n) is 1.38. The number of hydrogen-bond acceptors (Lipinski definition) is 3. The van der Waals surface area contributed by atoms with Gasteiger partial charge in [-0.1, -0.05) is 13.5 Å². The zero-order valence-corrected chi connectivity index (χ0v) is 8.67. The highest BCUT2D eigenvalue weighted by Crippen LogP contribution is 2.02. The molecule has 0 N–H and O–H groups in total. The molecule has 0 aromatic rings. The van der Waals surface area contributed by atoms with E-state index in [4.69, 9.17) is 12.5 Å². The van der Waals surface area contributed by atoms with Crippen LogP contribution in [0.3, 0.4) is 0 Å². The molecule has 0 atom stereocenters. The topological polar surface area (TPSA) is 46.6 Å². The van der Waals surface area contributed by atoms with E-state index in [-0.39, 0.29) is 6.73 Å². The molecular formula is C6H12B2NO3S. The fourth-order valence-electron chi connectivity index (χ4n) is 0.506. The van der Waals surface area contributed by atoms with Crippen molar-refractivity contribution in [3.8, 4) is 0 Å². The van der Waals surface area contributed by atoms with Crippen LogP contribution in [0, 0.1) is 0 Å². The van der Waals surface area contributed by atoms with Gasteiger partial charge in [0, 0.05) is 14.2 Å². The first-order valence-electron chi connectivity index (χ1n) is 3.74. The summed E-state index contributed by atoms with van der Waals surface area (Å²) in [5.74, 6) is 0.524. The second kappa shape index (κ2) is 5.34. The fourth-order valence-corrected chi connectivity index (χ4v) is 0.972. The quantitative estimate of drug-likeness (QED) is 0.340. The summed E-state index contributed by atoms with van der Waals surface area (Å²) in [4.78, 5) is 0. The van der Waals surface area contributed by atoms with E-state index in [1.807, 2.05) is 6.92 Å². The number of allylic oxidation sites excluding steroid dienone is 1. The number of rotatable bonds is 6. The van der Waals surface area contributed by atoms with Crippen molar-refractivity contribution >= 4 is 25.1 Å². The molecule has 0 bridgehead atoms. The molecule has 7 heteroatoms. The molecule has 0 aliphatic carbocycles. The first-order valence-corrected chi connectivity index (χ1v) is 5.59. The van der Waals surface area contributed by atoms with Crippen LogP contribution in [0.5, 0.6) is 0 Å². The molecule has 71 valence electrons. The predicted molar refractivity (Wildman–Crippen MR) is 53.6 cm³/mol. The largest absolute Gasteiger partial charge is 0.483 e. The minimum Gasteiger partial charge on any atom is -0.483 e. The lowest BCUT2D eigenvalue weighted by Crippen LogP contribution is -2.35. The average Bonchev–Trinajstić information content (AvgIpc) is 2.02. The maximum atomic E-state index is 11.0. The Balaban J connectivity index is 4.09. The van der Waals surface area contributed by atoms with E-state index >= 15 is 0 Å². The molecule has 0 aromatic heterocycles. The lowest BCUT2D eigenvalue weighted by molar-refractivity contribution is 0.163. The van der Waals surface area contributed by atoms with Gasteiger partial charge in [0.1, 0.15) is 6.73 Å². The highest BCUT2D eigenvalue weighted by Gasteiger charge is 2.14. The van der Waals surface area contributed by atoms with Crippen molar-refractivity contribution in [2.75, 3.05) is 13.0 Å². The molecule has 0 spiro atoms. The molecule has 0 heterocycles. The Morgan fingerprint density at radius 1 is 1.69 bits per heavy atom. The highest BCUT2D eigenvalue weighted by atomic mass is 32.2. The van der Waals surface area contributed by atoms with Crippen LogP contribution in [0.1, 0.15) is 13.3 Å². The van der Waals surface area contributed by atoms with Gasteiger partial charge in [0.05, 0.1) is 12.0 Å². The van der Waals surface area contributed by atoms with E-state index in [1.54, 1.807) is 0 Å². The Bertz CT molecular complexity index is 265. The first-order chi connectivity index (χ1) is 5.91. The second-order valence-electron chi connectivity index (χ2n) is 2.46. The van der Waals surface area contributed by atoms with E-state index in [0.29, 0.717) is 12.2 Å². The van der Waals surface area contributed by atoms with Gasteiger partial charge in [0.15, 0.2) is 7.31 Å². The summed E-state index contributed by atoms with van der Waals surface area (Å²) in [7, 11) is 2.72. The molecule has 0 fully saturated rings. The molecule has 4 nitrogen and oxygen atoms in total. The monoisotopic (exact) mass is 200 g/mol. The van der Waals surface area contributed by atoms with Crippen molar-refractivity contribution in [2.45, 2.75) is 13.3 Å². The maximum Gasteiger partial charge on any atom is 0.202 e. The summed E-state index contributed by atoms with van der Waals surface area (Å²) in [6.07, 6.45) is 1.69. The van der Waals surface area contributed by atoms with Crippen LogP contribution in [0.4, 0.5) is 0 Å². The number of ether oxygens (including phenoxy) is 1. The van der Waals surface area contributed by atoms with Gasteiger partial charge in [-0.15, -0.1) is 0 Å². The SMILES string of the molecule is [B][B]N(COC(=C)CC)S(C)(=O)=O.